The molecule has 7 heteroatoms. The van der Waals surface area contributed by atoms with Gasteiger partial charge in [-0.05, 0) is 55.3 Å². The van der Waals surface area contributed by atoms with Crippen LogP contribution in [0.2, 0.25) is 5.02 Å². The molecule has 3 unspecified atom stereocenters. The highest BCUT2D eigenvalue weighted by Gasteiger charge is 2.24. The number of hydrogen-bond acceptors (Lipinski definition) is 5. The fourth-order valence-corrected chi connectivity index (χ4v) is 3.27. The first-order valence-corrected chi connectivity index (χ1v) is 9.73. The zero-order valence-electron chi connectivity index (χ0n) is 16.0. The van der Waals surface area contributed by atoms with Crippen molar-refractivity contribution >= 4 is 29.0 Å². The first-order valence-electron chi connectivity index (χ1n) is 9.35. The van der Waals surface area contributed by atoms with Crippen molar-refractivity contribution < 1.29 is 9.53 Å². The minimum Gasteiger partial charge on any atom is -0.481 e. The van der Waals surface area contributed by atoms with Crippen molar-refractivity contribution in [2.24, 2.45) is 16.5 Å². The Labute approximate surface area is 169 Å². The lowest BCUT2D eigenvalue weighted by atomic mass is 9.95. The Morgan fingerprint density at radius 1 is 1.29 bits per heavy atom. The molecule has 5 N–H and O–H groups in total. The normalized spacial score (nSPS) is 17.7. The molecule has 0 saturated carbocycles. The van der Waals surface area contributed by atoms with Gasteiger partial charge in [-0.15, -0.1) is 0 Å². The molecule has 0 bridgehead atoms. The number of hydrogen-bond donors (Lipinski definition) is 3. The molecule has 1 aliphatic heterocycles. The summed E-state index contributed by atoms with van der Waals surface area (Å²) in [6, 6.07) is 11.8. The van der Waals surface area contributed by atoms with Gasteiger partial charge < -0.3 is 21.5 Å². The molecule has 0 spiro atoms. The van der Waals surface area contributed by atoms with Crippen molar-refractivity contribution in [1.29, 1.82) is 0 Å². The summed E-state index contributed by atoms with van der Waals surface area (Å²) < 4.78 is 5.74. The van der Waals surface area contributed by atoms with Crippen LogP contribution in [0.15, 0.2) is 47.5 Å². The van der Waals surface area contributed by atoms with Gasteiger partial charge in [0.2, 0.25) is 0 Å². The largest absolute Gasteiger partial charge is 0.481 e. The number of nitrogens with zero attached hydrogens (tertiary/aromatic N) is 1. The monoisotopic (exact) mass is 400 g/mol. The molecule has 28 heavy (non-hydrogen) atoms. The highest BCUT2D eigenvalue weighted by molar-refractivity contribution is 6.30. The molecule has 2 aromatic carbocycles. The van der Waals surface area contributed by atoms with Crippen molar-refractivity contribution in [2.45, 2.75) is 44.9 Å². The minimum absolute atomic E-state index is 0.178. The van der Waals surface area contributed by atoms with E-state index in [1.54, 1.807) is 24.3 Å². The third-order valence-corrected chi connectivity index (χ3v) is 5.05. The van der Waals surface area contributed by atoms with Crippen LogP contribution in [0.4, 0.5) is 5.69 Å². The number of amidine groups is 1. The Morgan fingerprint density at radius 3 is 2.68 bits per heavy atom. The number of aliphatic imine (C=N–C) groups is 1. The van der Waals surface area contributed by atoms with Crippen molar-refractivity contribution in [3.05, 3.63) is 58.6 Å². The molecule has 6 nitrogen and oxygen atoms in total. The summed E-state index contributed by atoms with van der Waals surface area (Å²) >= 11 is 5.90. The van der Waals surface area contributed by atoms with Crippen LogP contribution in [0.5, 0.6) is 5.75 Å². The van der Waals surface area contributed by atoms with Crippen LogP contribution >= 0.6 is 11.6 Å². The van der Waals surface area contributed by atoms with E-state index in [-0.39, 0.29) is 18.1 Å². The molecular formula is C21H25ClN4O2. The second-order valence-electron chi connectivity index (χ2n) is 6.93. The number of amides is 1. The number of rotatable bonds is 6. The SMILES string of the molecule is CCCC(NC(=O)c1ccc(Cl)cc1)C(N)c1ccc2c(c1)N=C(N)C(C)O2. The molecule has 148 valence electrons. The minimum atomic E-state index is -0.391. The third kappa shape index (κ3) is 4.46. The van der Waals surface area contributed by atoms with Gasteiger partial charge in [-0.1, -0.05) is 31.0 Å². The van der Waals surface area contributed by atoms with E-state index >= 15 is 0 Å². The molecule has 1 amide bonds. The van der Waals surface area contributed by atoms with Crippen LogP contribution < -0.4 is 21.5 Å². The average molecular weight is 401 g/mol. The fourth-order valence-electron chi connectivity index (χ4n) is 3.15. The highest BCUT2D eigenvalue weighted by Crippen LogP contribution is 2.34. The van der Waals surface area contributed by atoms with Crippen LogP contribution in [-0.4, -0.2) is 23.9 Å². The summed E-state index contributed by atoms with van der Waals surface area (Å²) in [5.41, 5.74) is 14.5. The highest BCUT2D eigenvalue weighted by atomic mass is 35.5. The number of ether oxygens (including phenoxy) is 1. The molecule has 3 rings (SSSR count). The van der Waals surface area contributed by atoms with E-state index in [4.69, 9.17) is 27.8 Å². The standard InChI is InChI=1S/C21H25ClN4O2/c1-3-4-16(26-21(27)13-5-8-15(22)9-6-13)19(23)14-7-10-18-17(11-14)25-20(24)12(2)28-18/h5-12,16,19H,3-4,23H2,1-2H3,(H2,24,25)(H,26,27). The second-order valence-corrected chi connectivity index (χ2v) is 7.36. The Hall–Kier alpha value is -2.57. The molecular weight excluding hydrogens is 376 g/mol. The molecule has 2 aromatic rings. The van der Waals surface area contributed by atoms with Gasteiger partial charge in [-0.3, -0.25) is 4.79 Å². The second kappa shape index (κ2) is 8.63. The van der Waals surface area contributed by atoms with E-state index in [0.29, 0.717) is 27.9 Å². The van der Waals surface area contributed by atoms with Crippen LogP contribution in [0.1, 0.15) is 48.7 Å². The summed E-state index contributed by atoms with van der Waals surface area (Å²) in [5, 5.41) is 3.64. The maximum absolute atomic E-state index is 12.6. The van der Waals surface area contributed by atoms with Crippen LogP contribution in [0, 0.1) is 0 Å². The Bertz CT molecular complexity index is 882. The summed E-state index contributed by atoms with van der Waals surface area (Å²) in [5.74, 6) is 0.928. The lowest BCUT2D eigenvalue weighted by molar-refractivity contribution is 0.0928. The first-order chi connectivity index (χ1) is 13.4. The predicted octanol–water partition coefficient (Wildman–Crippen LogP) is 3.71. The first kappa shape index (κ1) is 20.2. The van der Waals surface area contributed by atoms with E-state index < -0.39 is 6.04 Å². The van der Waals surface area contributed by atoms with Gasteiger partial charge in [0.05, 0.1) is 6.04 Å². The molecule has 0 saturated heterocycles. The quantitative estimate of drug-likeness (QED) is 0.687. The number of nitrogens with two attached hydrogens (primary N) is 2. The topological polar surface area (TPSA) is 103 Å². The maximum Gasteiger partial charge on any atom is 0.251 e. The van der Waals surface area contributed by atoms with E-state index in [9.17, 15) is 4.79 Å². The summed E-state index contributed by atoms with van der Waals surface area (Å²) in [6.07, 6.45) is 1.38. The van der Waals surface area contributed by atoms with Crippen LogP contribution in [0.25, 0.3) is 0 Å². The molecule has 0 radical (unpaired) electrons. The summed E-state index contributed by atoms with van der Waals surface area (Å²) in [4.78, 5) is 17.0. The third-order valence-electron chi connectivity index (χ3n) is 4.79. The van der Waals surface area contributed by atoms with Crippen molar-refractivity contribution in [3.63, 3.8) is 0 Å². The maximum atomic E-state index is 12.6. The summed E-state index contributed by atoms with van der Waals surface area (Å²) in [6.45, 7) is 3.91. The zero-order valence-corrected chi connectivity index (χ0v) is 16.7. The number of halogens is 1. The van der Waals surface area contributed by atoms with E-state index in [1.807, 2.05) is 25.1 Å². The van der Waals surface area contributed by atoms with Gasteiger partial charge in [0.1, 0.15) is 17.3 Å². The van der Waals surface area contributed by atoms with Crippen LogP contribution in [0.3, 0.4) is 0 Å². The molecule has 1 aliphatic rings. The molecule has 0 fully saturated rings. The Balaban J connectivity index is 1.80. The lowest BCUT2D eigenvalue weighted by Gasteiger charge is -2.27. The van der Waals surface area contributed by atoms with Gasteiger partial charge in [-0.25, -0.2) is 4.99 Å². The molecule has 1 heterocycles. The zero-order chi connectivity index (χ0) is 20.3. The number of carbonyl (C=O) groups excluding carboxylic acids is 1. The van der Waals surface area contributed by atoms with Gasteiger partial charge in [0, 0.05) is 16.6 Å². The summed E-state index contributed by atoms with van der Waals surface area (Å²) in [7, 11) is 0. The number of carbonyl (C=O) groups is 1. The fraction of sp³-hybridized carbons (Fsp3) is 0.333. The van der Waals surface area contributed by atoms with Crippen molar-refractivity contribution in [3.8, 4) is 5.75 Å². The van der Waals surface area contributed by atoms with E-state index in [0.717, 1.165) is 18.4 Å². The number of benzene rings is 2. The van der Waals surface area contributed by atoms with Gasteiger partial charge >= 0.3 is 0 Å². The number of fused-ring (bicyclic) bond motifs is 1. The Kier molecular flexibility index (Phi) is 6.21. The van der Waals surface area contributed by atoms with Crippen molar-refractivity contribution in [2.75, 3.05) is 0 Å². The Morgan fingerprint density at radius 2 is 2.00 bits per heavy atom. The van der Waals surface area contributed by atoms with Gasteiger partial charge in [0.25, 0.3) is 5.91 Å². The van der Waals surface area contributed by atoms with Gasteiger partial charge in [0.15, 0.2) is 6.10 Å². The van der Waals surface area contributed by atoms with Crippen molar-refractivity contribution in [1.82, 2.24) is 5.32 Å². The lowest BCUT2D eigenvalue weighted by Crippen LogP contribution is -2.42. The molecule has 0 aromatic heterocycles. The van der Waals surface area contributed by atoms with E-state index in [2.05, 4.69) is 17.2 Å². The predicted molar refractivity (Wildman–Crippen MR) is 112 cm³/mol. The molecule has 3 atom stereocenters. The average Bonchev–Trinajstić information content (AvgIpc) is 2.68. The van der Waals surface area contributed by atoms with Crippen LogP contribution in [-0.2, 0) is 0 Å². The number of nitrogens with one attached hydrogen (secondary N) is 1. The van der Waals surface area contributed by atoms with Gasteiger partial charge in [-0.2, -0.15) is 0 Å². The van der Waals surface area contributed by atoms with E-state index in [1.165, 1.54) is 0 Å². The molecule has 0 aliphatic carbocycles. The smallest absolute Gasteiger partial charge is 0.251 e.